The van der Waals surface area contributed by atoms with Crippen molar-refractivity contribution >= 4 is 6.29 Å². The lowest BCUT2D eigenvalue weighted by molar-refractivity contribution is -0.112. The van der Waals surface area contributed by atoms with Gasteiger partial charge in [-0.05, 0) is 55.7 Å². The molecule has 1 unspecified atom stereocenters. The monoisotopic (exact) mass is 298 g/mol. The fourth-order valence-electron chi connectivity index (χ4n) is 2.53. The first kappa shape index (κ1) is 16.1. The SMILES string of the molecule is CCOc1cccc(CC(C)(C=O)c2cccc(OC)c2)c1. The van der Waals surface area contributed by atoms with Gasteiger partial charge in [-0.15, -0.1) is 0 Å². The molecule has 2 rings (SSSR count). The van der Waals surface area contributed by atoms with E-state index in [2.05, 4.69) is 0 Å². The van der Waals surface area contributed by atoms with Crippen LogP contribution in [0.1, 0.15) is 25.0 Å². The van der Waals surface area contributed by atoms with Gasteiger partial charge in [0.25, 0.3) is 0 Å². The van der Waals surface area contributed by atoms with Gasteiger partial charge in [-0.3, -0.25) is 0 Å². The van der Waals surface area contributed by atoms with Crippen LogP contribution in [-0.4, -0.2) is 20.0 Å². The predicted molar refractivity (Wildman–Crippen MR) is 87.7 cm³/mol. The first-order valence-corrected chi connectivity index (χ1v) is 7.44. The van der Waals surface area contributed by atoms with Gasteiger partial charge in [0.05, 0.1) is 19.1 Å². The Morgan fingerprint density at radius 2 is 1.82 bits per heavy atom. The van der Waals surface area contributed by atoms with Crippen LogP contribution in [0.15, 0.2) is 48.5 Å². The van der Waals surface area contributed by atoms with Gasteiger partial charge in [-0.1, -0.05) is 24.3 Å². The summed E-state index contributed by atoms with van der Waals surface area (Å²) >= 11 is 0. The number of hydrogen-bond donors (Lipinski definition) is 0. The zero-order valence-corrected chi connectivity index (χ0v) is 13.3. The summed E-state index contributed by atoms with van der Waals surface area (Å²) in [7, 11) is 1.63. The minimum absolute atomic E-state index is 0.598. The van der Waals surface area contributed by atoms with Crippen LogP contribution in [0.2, 0.25) is 0 Å². The minimum atomic E-state index is -0.598. The molecule has 1 atom stereocenters. The molecule has 0 bridgehead atoms. The van der Waals surface area contributed by atoms with Gasteiger partial charge in [0.15, 0.2) is 0 Å². The van der Waals surface area contributed by atoms with Crippen molar-refractivity contribution in [1.82, 2.24) is 0 Å². The van der Waals surface area contributed by atoms with E-state index in [4.69, 9.17) is 9.47 Å². The normalized spacial score (nSPS) is 13.2. The fraction of sp³-hybridized carbons (Fsp3) is 0.316. The minimum Gasteiger partial charge on any atom is -0.497 e. The summed E-state index contributed by atoms with van der Waals surface area (Å²) in [6.07, 6.45) is 1.62. The summed E-state index contributed by atoms with van der Waals surface area (Å²) in [6.45, 7) is 4.53. The Balaban J connectivity index is 2.30. The molecule has 3 heteroatoms. The van der Waals surface area contributed by atoms with E-state index >= 15 is 0 Å². The smallest absolute Gasteiger partial charge is 0.130 e. The van der Waals surface area contributed by atoms with Gasteiger partial charge in [0.2, 0.25) is 0 Å². The summed E-state index contributed by atoms with van der Waals surface area (Å²) in [5.41, 5.74) is 1.42. The Morgan fingerprint density at radius 1 is 1.09 bits per heavy atom. The highest BCUT2D eigenvalue weighted by molar-refractivity contribution is 5.69. The van der Waals surface area contributed by atoms with Crippen LogP contribution in [0, 0.1) is 0 Å². The van der Waals surface area contributed by atoms with Gasteiger partial charge in [0, 0.05) is 0 Å². The van der Waals surface area contributed by atoms with Gasteiger partial charge < -0.3 is 14.3 Å². The maximum Gasteiger partial charge on any atom is 0.130 e. The van der Waals surface area contributed by atoms with Crippen molar-refractivity contribution in [3.63, 3.8) is 0 Å². The number of methoxy groups -OCH3 is 1. The van der Waals surface area contributed by atoms with Crippen molar-refractivity contribution in [3.8, 4) is 11.5 Å². The largest absolute Gasteiger partial charge is 0.497 e. The van der Waals surface area contributed by atoms with Crippen molar-refractivity contribution < 1.29 is 14.3 Å². The molecule has 0 fully saturated rings. The Bertz CT molecular complexity index is 636. The van der Waals surface area contributed by atoms with Crippen LogP contribution >= 0.6 is 0 Å². The Hall–Kier alpha value is -2.29. The highest BCUT2D eigenvalue weighted by atomic mass is 16.5. The number of hydrogen-bond acceptors (Lipinski definition) is 3. The molecule has 0 aliphatic rings. The summed E-state index contributed by atoms with van der Waals surface area (Å²) in [5.74, 6) is 1.59. The lowest BCUT2D eigenvalue weighted by Crippen LogP contribution is -2.26. The highest BCUT2D eigenvalue weighted by Gasteiger charge is 2.27. The molecule has 0 spiro atoms. The van der Waals surface area contributed by atoms with Crippen LogP contribution in [0.25, 0.3) is 0 Å². The second-order valence-electron chi connectivity index (χ2n) is 5.52. The number of rotatable bonds is 7. The molecule has 0 saturated carbocycles. The molecule has 0 aliphatic carbocycles. The number of carbonyl (C=O) groups is 1. The van der Waals surface area contributed by atoms with Crippen LogP contribution in [0.4, 0.5) is 0 Å². The molecule has 0 N–H and O–H groups in total. The van der Waals surface area contributed by atoms with Crippen LogP contribution < -0.4 is 9.47 Å². The molecule has 0 heterocycles. The number of carbonyl (C=O) groups excluding carboxylic acids is 1. The zero-order chi connectivity index (χ0) is 16.0. The molecule has 2 aromatic rings. The first-order chi connectivity index (χ1) is 10.6. The maximum atomic E-state index is 11.8. The zero-order valence-electron chi connectivity index (χ0n) is 13.3. The van der Waals surface area contributed by atoms with E-state index < -0.39 is 5.41 Å². The van der Waals surface area contributed by atoms with E-state index in [1.165, 1.54) is 0 Å². The van der Waals surface area contributed by atoms with Gasteiger partial charge in [0.1, 0.15) is 17.8 Å². The molecular formula is C19H22O3. The number of aldehydes is 1. The van der Waals surface area contributed by atoms with Crippen molar-refractivity contribution in [2.24, 2.45) is 0 Å². The summed E-state index contributed by atoms with van der Waals surface area (Å²) < 4.78 is 10.8. The predicted octanol–water partition coefficient (Wildman–Crippen LogP) is 3.79. The Labute approximate surface area is 131 Å². The number of benzene rings is 2. The average Bonchev–Trinajstić information content (AvgIpc) is 2.55. The van der Waals surface area contributed by atoms with Crippen LogP contribution in [-0.2, 0) is 16.6 Å². The summed E-state index contributed by atoms with van der Waals surface area (Å²) in [4.78, 5) is 11.8. The Morgan fingerprint density at radius 3 is 2.50 bits per heavy atom. The average molecular weight is 298 g/mol. The standard InChI is InChI=1S/C19H22O3/c1-4-22-18-10-5-7-15(11-18)13-19(2,14-20)16-8-6-9-17(12-16)21-3/h5-12,14H,4,13H2,1-3H3. The molecule has 0 aliphatic heterocycles. The summed E-state index contributed by atoms with van der Waals surface area (Å²) in [5, 5.41) is 0. The van der Waals surface area contributed by atoms with Gasteiger partial charge in [-0.25, -0.2) is 0 Å². The molecule has 22 heavy (non-hydrogen) atoms. The summed E-state index contributed by atoms with van der Waals surface area (Å²) in [6, 6.07) is 15.6. The third kappa shape index (κ3) is 3.67. The topological polar surface area (TPSA) is 35.5 Å². The van der Waals surface area contributed by atoms with E-state index in [1.54, 1.807) is 7.11 Å². The quantitative estimate of drug-likeness (QED) is 0.729. The molecule has 0 amide bonds. The molecule has 2 aromatic carbocycles. The van der Waals surface area contributed by atoms with E-state index in [0.29, 0.717) is 13.0 Å². The third-order valence-electron chi connectivity index (χ3n) is 3.77. The maximum absolute atomic E-state index is 11.8. The van der Waals surface area contributed by atoms with Crippen molar-refractivity contribution in [3.05, 3.63) is 59.7 Å². The lowest BCUT2D eigenvalue weighted by atomic mass is 9.78. The molecular weight excluding hydrogens is 276 g/mol. The second kappa shape index (κ2) is 7.12. The fourth-order valence-corrected chi connectivity index (χ4v) is 2.53. The molecule has 0 radical (unpaired) electrons. The molecule has 3 nitrogen and oxygen atoms in total. The Kier molecular flexibility index (Phi) is 5.21. The van der Waals surface area contributed by atoms with Crippen LogP contribution in [0.5, 0.6) is 11.5 Å². The number of ether oxygens (including phenoxy) is 2. The van der Waals surface area contributed by atoms with Gasteiger partial charge >= 0.3 is 0 Å². The third-order valence-corrected chi connectivity index (χ3v) is 3.77. The lowest BCUT2D eigenvalue weighted by Gasteiger charge is -2.24. The molecule has 116 valence electrons. The highest BCUT2D eigenvalue weighted by Crippen LogP contribution is 2.29. The first-order valence-electron chi connectivity index (χ1n) is 7.44. The van der Waals surface area contributed by atoms with E-state index in [-0.39, 0.29) is 0 Å². The molecule has 0 saturated heterocycles. The van der Waals surface area contributed by atoms with Crippen LogP contribution in [0.3, 0.4) is 0 Å². The van der Waals surface area contributed by atoms with Crippen molar-refractivity contribution in [2.75, 3.05) is 13.7 Å². The van der Waals surface area contributed by atoms with E-state index in [1.807, 2.05) is 62.4 Å². The second-order valence-corrected chi connectivity index (χ2v) is 5.52. The van der Waals surface area contributed by atoms with Gasteiger partial charge in [-0.2, -0.15) is 0 Å². The van der Waals surface area contributed by atoms with E-state index in [0.717, 1.165) is 28.9 Å². The van der Waals surface area contributed by atoms with Crippen molar-refractivity contribution in [1.29, 1.82) is 0 Å². The van der Waals surface area contributed by atoms with E-state index in [9.17, 15) is 4.79 Å². The van der Waals surface area contributed by atoms with Crippen molar-refractivity contribution in [2.45, 2.75) is 25.7 Å². The molecule has 0 aromatic heterocycles.